The predicted molar refractivity (Wildman–Crippen MR) is 117 cm³/mol. The summed E-state index contributed by atoms with van der Waals surface area (Å²) < 4.78 is 17.0. The highest BCUT2D eigenvalue weighted by Gasteiger charge is 2.12. The monoisotopic (exact) mass is 405 g/mol. The number of amides is 1. The number of carbonyl (C=O) groups excluding carboxylic acids is 1. The average Bonchev–Trinajstić information content (AvgIpc) is 2.78. The van der Waals surface area contributed by atoms with Crippen LogP contribution >= 0.6 is 0 Å². The summed E-state index contributed by atoms with van der Waals surface area (Å²) >= 11 is 0. The summed E-state index contributed by atoms with van der Waals surface area (Å²) in [5.41, 5.74) is 3.46. The van der Waals surface area contributed by atoms with Crippen LogP contribution in [0, 0.1) is 6.92 Å². The minimum Gasteiger partial charge on any atom is -0.496 e. The van der Waals surface area contributed by atoms with E-state index in [1.807, 2.05) is 74.5 Å². The van der Waals surface area contributed by atoms with E-state index in [0.29, 0.717) is 31.1 Å². The topological polar surface area (TPSA) is 56.8 Å². The van der Waals surface area contributed by atoms with Crippen molar-refractivity contribution in [1.82, 2.24) is 5.32 Å². The highest BCUT2D eigenvalue weighted by atomic mass is 16.5. The largest absolute Gasteiger partial charge is 0.496 e. The molecule has 0 aliphatic rings. The van der Waals surface area contributed by atoms with E-state index >= 15 is 0 Å². The lowest BCUT2D eigenvalue weighted by Crippen LogP contribution is -2.23. The zero-order valence-electron chi connectivity index (χ0n) is 17.6. The Balaban J connectivity index is 1.71. The minimum absolute atomic E-state index is 0.166. The van der Waals surface area contributed by atoms with Crippen LogP contribution in [-0.4, -0.2) is 19.6 Å². The van der Waals surface area contributed by atoms with Gasteiger partial charge in [0, 0.05) is 23.2 Å². The number of rotatable bonds is 9. The molecule has 3 rings (SSSR count). The Kier molecular flexibility index (Phi) is 7.33. The van der Waals surface area contributed by atoms with Gasteiger partial charge in [0.05, 0.1) is 13.7 Å². The lowest BCUT2D eigenvalue weighted by Gasteiger charge is -2.14. The first-order valence-electron chi connectivity index (χ1n) is 9.96. The quantitative estimate of drug-likeness (QED) is 0.549. The standard InChI is InChI=1S/C25H27NO4/c1-4-29-24-14-11-19(15-21(24)17-30-22-12-9-18(2)10-13-22)25(27)26-16-20-7-5-6-8-23(20)28-3/h5-15H,4,16-17H2,1-3H3,(H,26,27). The number of aryl methyl sites for hydroxylation is 1. The number of methoxy groups -OCH3 is 1. The molecule has 0 bridgehead atoms. The molecule has 0 heterocycles. The SMILES string of the molecule is CCOc1ccc(C(=O)NCc2ccccc2OC)cc1COc1ccc(C)cc1. The zero-order valence-corrected chi connectivity index (χ0v) is 17.6. The van der Waals surface area contributed by atoms with Crippen molar-refractivity contribution in [2.24, 2.45) is 0 Å². The molecule has 3 aromatic rings. The van der Waals surface area contributed by atoms with Gasteiger partial charge in [0.15, 0.2) is 0 Å². The third-order valence-corrected chi connectivity index (χ3v) is 4.67. The molecule has 5 heteroatoms. The molecule has 0 atom stereocenters. The van der Waals surface area contributed by atoms with Gasteiger partial charge in [0.25, 0.3) is 5.91 Å². The van der Waals surface area contributed by atoms with Crippen LogP contribution in [0.1, 0.15) is 34.0 Å². The first-order chi connectivity index (χ1) is 14.6. The van der Waals surface area contributed by atoms with Crippen molar-refractivity contribution >= 4 is 5.91 Å². The molecule has 0 unspecified atom stereocenters. The molecular formula is C25H27NO4. The maximum Gasteiger partial charge on any atom is 0.251 e. The van der Waals surface area contributed by atoms with Gasteiger partial charge in [0.1, 0.15) is 23.9 Å². The van der Waals surface area contributed by atoms with E-state index in [0.717, 1.165) is 22.6 Å². The predicted octanol–water partition coefficient (Wildman–Crippen LogP) is 4.91. The van der Waals surface area contributed by atoms with Crippen LogP contribution in [-0.2, 0) is 13.2 Å². The summed E-state index contributed by atoms with van der Waals surface area (Å²) in [6.45, 7) is 5.19. The molecule has 0 aliphatic carbocycles. The van der Waals surface area contributed by atoms with Crippen molar-refractivity contribution in [3.05, 3.63) is 89.0 Å². The lowest BCUT2D eigenvalue weighted by atomic mass is 10.1. The molecule has 1 amide bonds. The average molecular weight is 405 g/mol. The molecule has 0 spiro atoms. The van der Waals surface area contributed by atoms with E-state index in [4.69, 9.17) is 14.2 Å². The Bertz CT molecular complexity index is 983. The second kappa shape index (κ2) is 10.3. The fraction of sp³-hybridized carbons (Fsp3) is 0.240. The number of ether oxygens (including phenoxy) is 3. The summed E-state index contributed by atoms with van der Waals surface area (Å²) in [4.78, 5) is 12.7. The second-order valence-corrected chi connectivity index (χ2v) is 6.85. The molecule has 0 radical (unpaired) electrons. The van der Waals surface area contributed by atoms with E-state index in [9.17, 15) is 4.79 Å². The van der Waals surface area contributed by atoms with Crippen LogP contribution in [0.15, 0.2) is 66.7 Å². The summed E-state index contributed by atoms with van der Waals surface area (Å²) in [5.74, 6) is 2.07. The van der Waals surface area contributed by atoms with Gasteiger partial charge in [-0.2, -0.15) is 0 Å². The number of hydrogen-bond acceptors (Lipinski definition) is 4. The molecule has 0 aliphatic heterocycles. The van der Waals surface area contributed by atoms with Crippen molar-refractivity contribution in [3.8, 4) is 17.2 Å². The highest BCUT2D eigenvalue weighted by Crippen LogP contribution is 2.23. The van der Waals surface area contributed by atoms with Gasteiger partial charge in [-0.1, -0.05) is 35.9 Å². The number of carbonyl (C=O) groups is 1. The fourth-order valence-corrected chi connectivity index (χ4v) is 3.05. The van der Waals surface area contributed by atoms with Crippen LogP contribution in [0.3, 0.4) is 0 Å². The number of hydrogen-bond donors (Lipinski definition) is 1. The Morgan fingerprint density at radius 3 is 2.40 bits per heavy atom. The van der Waals surface area contributed by atoms with Gasteiger partial charge >= 0.3 is 0 Å². The lowest BCUT2D eigenvalue weighted by molar-refractivity contribution is 0.0950. The molecule has 156 valence electrons. The van der Waals surface area contributed by atoms with Crippen LogP contribution in [0.2, 0.25) is 0 Å². The Hall–Kier alpha value is -3.47. The second-order valence-electron chi connectivity index (χ2n) is 6.85. The van der Waals surface area contributed by atoms with Crippen molar-refractivity contribution < 1.29 is 19.0 Å². The molecular weight excluding hydrogens is 378 g/mol. The normalized spacial score (nSPS) is 10.4. The van der Waals surface area contributed by atoms with E-state index < -0.39 is 0 Å². The first kappa shape index (κ1) is 21.2. The van der Waals surface area contributed by atoms with Gasteiger partial charge in [0.2, 0.25) is 0 Å². The van der Waals surface area contributed by atoms with Gasteiger partial charge in [-0.25, -0.2) is 0 Å². The summed E-state index contributed by atoms with van der Waals surface area (Å²) in [7, 11) is 1.62. The van der Waals surface area contributed by atoms with Gasteiger partial charge in [-0.05, 0) is 50.2 Å². The molecule has 0 saturated carbocycles. The maximum atomic E-state index is 12.7. The highest BCUT2D eigenvalue weighted by molar-refractivity contribution is 5.94. The summed E-state index contributed by atoms with van der Waals surface area (Å²) in [5, 5.41) is 2.95. The van der Waals surface area contributed by atoms with E-state index in [2.05, 4.69) is 5.32 Å². The Morgan fingerprint density at radius 1 is 0.900 bits per heavy atom. The smallest absolute Gasteiger partial charge is 0.251 e. The molecule has 3 aromatic carbocycles. The van der Waals surface area contributed by atoms with E-state index in [1.165, 1.54) is 5.56 Å². The van der Waals surface area contributed by atoms with Gasteiger partial charge < -0.3 is 19.5 Å². The third-order valence-electron chi connectivity index (χ3n) is 4.67. The van der Waals surface area contributed by atoms with Crippen molar-refractivity contribution in [2.75, 3.05) is 13.7 Å². The van der Waals surface area contributed by atoms with Crippen LogP contribution in [0.5, 0.6) is 17.2 Å². The fourth-order valence-electron chi connectivity index (χ4n) is 3.05. The van der Waals surface area contributed by atoms with Crippen LogP contribution < -0.4 is 19.5 Å². The summed E-state index contributed by atoms with van der Waals surface area (Å²) in [6, 6.07) is 20.9. The van der Waals surface area contributed by atoms with Gasteiger partial charge in [-0.3, -0.25) is 4.79 Å². The third kappa shape index (κ3) is 5.54. The number of para-hydroxylation sites is 1. The van der Waals surface area contributed by atoms with Gasteiger partial charge in [-0.15, -0.1) is 0 Å². The molecule has 0 fully saturated rings. The van der Waals surface area contributed by atoms with Crippen molar-refractivity contribution in [3.63, 3.8) is 0 Å². The molecule has 5 nitrogen and oxygen atoms in total. The molecule has 0 aromatic heterocycles. The maximum absolute atomic E-state index is 12.7. The Labute approximate surface area is 177 Å². The first-order valence-corrected chi connectivity index (χ1v) is 9.96. The number of nitrogens with one attached hydrogen (secondary N) is 1. The van der Waals surface area contributed by atoms with Crippen LogP contribution in [0.25, 0.3) is 0 Å². The zero-order chi connectivity index (χ0) is 21.3. The van der Waals surface area contributed by atoms with E-state index in [1.54, 1.807) is 13.2 Å². The van der Waals surface area contributed by atoms with E-state index in [-0.39, 0.29) is 5.91 Å². The van der Waals surface area contributed by atoms with Crippen molar-refractivity contribution in [2.45, 2.75) is 27.0 Å². The summed E-state index contributed by atoms with van der Waals surface area (Å²) in [6.07, 6.45) is 0. The molecule has 0 saturated heterocycles. The molecule has 30 heavy (non-hydrogen) atoms. The molecule has 1 N–H and O–H groups in total. The number of benzene rings is 3. The van der Waals surface area contributed by atoms with Crippen molar-refractivity contribution in [1.29, 1.82) is 0 Å². The van der Waals surface area contributed by atoms with Crippen LogP contribution in [0.4, 0.5) is 0 Å². The minimum atomic E-state index is -0.166. The Morgan fingerprint density at radius 2 is 1.67 bits per heavy atom.